The van der Waals surface area contributed by atoms with E-state index in [1.165, 1.54) is 5.39 Å². The van der Waals surface area contributed by atoms with Crippen molar-refractivity contribution in [3.8, 4) is 11.5 Å². The lowest BCUT2D eigenvalue weighted by molar-refractivity contribution is 0.0955. The van der Waals surface area contributed by atoms with Crippen LogP contribution in [0.4, 0.5) is 0 Å². The molecular formula is C30H27ClN2O3. The summed E-state index contributed by atoms with van der Waals surface area (Å²) in [5.41, 5.74) is 5.79. The van der Waals surface area contributed by atoms with Crippen LogP contribution >= 0.6 is 11.6 Å². The predicted octanol–water partition coefficient (Wildman–Crippen LogP) is 6.96. The number of nitrogens with zero attached hydrogens (tertiary/aromatic N) is 1. The van der Waals surface area contributed by atoms with E-state index in [0.29, 0.717) is 41.7 Å². The first-order valence-electron chi connectivity index (χ1n) is 11.7. The number of carbonyl (C=O) groups excluding carboxylic acids is 1. The molecule has 0 radical (unpaired) electrons. The van der Waals surface area contributed by atoms with E-state index in [1.807, 2.05) is 43.3 Å². The number of ether oxygens (including phenoxy) is 2. The number of rotatable bonds is 10. The first-order chi connectivity index (χ1) is 17.6. The molecule has 4 rings (SSSR count). The molecule has 36 heavy (non-hydrogen) atoms. The van der Waals surface area contributed by atoms with Gasteiger partial charge >= 0.3 is 0 Å². The van der Waals surface area contributed by atoms with Crippen LogP contribution in [0.3, 0.4) is 0 Å². The Morgan fingerprint density at radius 1 is 1.00 bits per heavy atom. The average Bonchev–Trinajstić information content (AvgIpc) is 2.89. The molecule has 0 bridgehead atoms. The second-order valence-electron chi connectivity index (χ2n) is 8.07. The Morgan fingerprint density at radius 3 is 2.56 bits per heavy atom. The minimum Gasteiger partial charge on any atom is -0.490 e. The highest BCUT2D eigenvalue weighted by Crippen LogP contribution is 2.35. The second-order valence-corrected chi connectivity index (χ2v) is 8.50. The molecule has 0 atom stereocenters. The molecule has 0 aromatic heterocycles. The van der Waals surface area contributed by atoms with E-state index < -0.39 is 0 Å². The van der Waals surface area contributed by atoms with Gasteiger partial charge in [-0.3, -0.25) is 4.79 Å². The third-order valence-electron chi connectivity index (χ3n) is 5.56. The molecule has 182 valence electrons. The molecule has 0 heterocycles. The molecule has 1 N–H and O–H groups in total. The zero-order chi connectivity index (χ0) is 25.3. The third kappa shape index (κ3) is 6.12. The van der Waals surface area contributed by atoms with Gasteiger partial charge in [-0.25, -0.2) is 5.43 Å². The van der Waals surface area contributed by atoms with E-state index in [2.05, 4.69) is 41.4 Å². The van der Waals surface area contributed by atoms with E-state index in [0.717, 1.165) is 22.1 Å². The van der Waals surface area contributed by atoms with E-state index in [1.54, 1.807) is 30.5 Å². The Hall–Kier alpha value is -4.09. The maximum Gasteiger partial charge on any atom is 0.271 e. The lowest BCUT2D eigenvalue weighted by Gasteiger charge is -2.17. The third-order valence-corrected chi connectivity index (χ3v) is 5.81. The smallest absolute Gasteiger partial charge is 0.271 e. The lowest BCUT2D eigenvalue weighted by atomic mass is 10.0. The number of fused-ring (bicyclic) bond motifs is 1. The van der Waals surface area contributed by atoms with Crippen LogP contribution in [0.15, 0.2) is 96.6 Å². The van der Waals surface area contributed by atoms with Gasteiger partial charge in [-0.15, -0.1) is 6.58 Å². The molecule has 4 aromatic carbocycles. The van der Waals surface area contributed by atoms with Crippen molar-refractivity contribution in [2.75, 3.05) is 6.61 Å². The number of hydrogen-bond acceptors (Lipinski definition) is 4. The number of halogens is 1. The van der Waals surface area contributed by atoms with Gasteiger partial charge < -0.3 is 9.47 Å². The SMILES string of the molecule is C=CCc1cc(/C=N\NC(=O)c2ccc(Cl)cc2)cc(OCC)c1OCc1cccc2ccccc12. The second kappa shape index (κ2) is 12.0. The Morgan fingerprint density at radius 2 is 1.78 bits per heavy atom. The summed E-state index contributed by atoms with van der Waals surface area (Å²) in [5.74, 6) is 0.962. The van der Waals surface area contributed by atoms with Crippen LogP contribution in [0.25, 0.3) is 10.8 Å². The zero-order valence-electron chi connectivity index (χ0n) is 20.0. The van der Waals surface area contributed by atoms with Gasteiger partial charge in [0.15, 0.2) is 11.5 Å². The number of amides is 1. The molecule has 0 saturated carbocycles. The number of nitrogens with one attached hydrogen (secondary N) is 1. The molecule has 1 amide bonds. The van der Waals surface area contributed by atoms with Crippen molar-refractivity contribution in [3.05, 3.63) is 119 Å². The molecule has 0 saturated heterocycles. The van der Waals surface area contributed by atoms with Crippen LogP contribution in [-0.2, 0) is 13.0 Å². The van der Waals surface area contributed by atoms with Gasteiger partial charge in [-0.1, -0.05) is 60.1 Å². The highest BCUT2D eigenvalue weighted by atomic mass is 35.5. The Balaban J connectivity index is 1.57. The summed E-state index contributed by atoms with van der Waals surface area (Å²) in [4.78, 5) is 12.3. The summed E-state index contributed by atoms with van der Waals surface area (Å²) in [6.07, 6.45) is 3.99. The highest BCUT2D eigenvalue weighted by Gasteiger charge is 2.14. The van der Waals surface area contributed by atoms with Crippen LogP contribution < -0.4 is 14.9 Å². The first-order valence-corrected chi connectivity index (χ1v) is 12.1. The van der Waals surface area contributed by atoms with Gasteiger partial charge in [0, 0.05) is 16.1 Å². The van der Waals surface area contributed by atoms with Crippen LogP contribution in [0.2, 0.25) is 5.02 Å². The van der Waals surface area contributed by atoms with Crippen molar-refractivity contribution in [1.82, 2.24) is 5.43 Å². The molecule has 5 nitrogen and oxygen atoms in total. The molecule has 0 aliphatic heterocycles. The normalized spacial score (nSPS) is 10.9. The van der Waals surface area contributed by atoms with Crippen molar-refractivity contribution in [1.29, 1.82) is 0 Å². The lowest BCUT2D eigenvalue weighted by Crippen LogP contribution is -2.17. The fourth-order valence-corrected chi connectivity index (χ4v) is 4.02. The molecule has 4 aromatic rings. The van der Waals surface area contributed by atoms with E-state index >= 15 is 0 Å². The van der Waals surface area contributed by atoms with Crippen molar-refractivity contribution in [2.24, 2.45) is 5.10 Å². The topological polar surface area (TPSA) is 59.9 Å². The molecule has 0 unspecified atom stereocenters. The van der Waals surface area contributed by atoms with Crippen molar-refractivity contribution in [2.45, 2.75) is 20.0 Å². The van der Waals surface area contributed by atoms with Crippen molar-refractivity contribution >= 4 is 34.5 Å². The van der Waals surface area contributed by atoms with Gasteiger partial charge in [0.1, 0.15) is 6.61 Å². The number of allylic oxidation sites excluding steroid dienone is 1. The number of carbonyl (C=O) groups is 1. The summed E-state index contributed by atoms with van der Waals surface area (Å²) < 4.78 is 12.3. The number of hydrogen-bond donors (Lipinski definition) is 1. The summed E-state index contributed by atoms with van der Waals surface area (Å²) in [6, 6.07) is 24.9. The zero-order valence-corrected chi connectivity index (χ0v) is 20.8. The highest BCUT2D eigenvalue weighted by molar-refractivity contribution is 6.30. The van der Waals surface area contributed by atoms with Crippen LogP contribution in [0.1, 0.15) is 34.0 Å². The molecular weight excluding hydrogens is 472 g/mol. The van der Waals surface area contributed by atoms with Gasteiger partial charge in [-0.05, 0) is 71.6 Å². The summed E-state index contributed by atoms with van der Waals surface area (Å²) >= 11 is 5.89. The van der Waals surface area contributed by atoms with Crippen molar-refractivity contribution < 1.29 is 14.3 Å². The monoisotopic (exact) mass is 498 g/mol. The number of hydrazone groups is 1. The van der Waals surface area contributed by atoms with E-state index in [9.17, 15) is 4.79 Å². The predicted molar refractivity (Wildman–Crippen MR) is 146 cm³/mol. The van der Waals surface area contributed by atoms with E-state index in [-0.39, 0.29) is 5.91 Å². The van der Waals surface area contributed by atoms with Gasteiger partial charge in [0.25, 0.3) is 5.91 Å². The summed E-state index contributed by atoms with van der Waals surface area (Å²) in [7, 11) is 0. The standard InChI is InChI=1S/C30H27ClN2O3/c1-3-8-24-17-21(19-32-33-30(34)23-13-15-26(31)16-14-23)18-28(35-4-2)29(24)36-20-25-11-7-10-22-9-5-6-12-27(22)25/h3,5-7,9-19H,1,4,8,20H2,2H3,(H,33,34)/b32-19-. The van der Waals surface area contributed by atoms with E-state index in [4.69, 9.17) is 21.1 Å². The van der Waals surface area contributed by atoms with Gasteiger partial charge in [0.05, 0.1) is 12.8 Å². The van der Waals surface area contributed by atoms with Crippen molar-refractivity contribution in [3.63, 3.8) is 0 Å². The summed E-state index contributed by atoms with van der Waals surface area (Å²) in [6.45, 7) is 6.69. The van der Waals surface area contributed by atoms with Crippen LogP contribution in [-0.4, -0.2) is 18.7 Å². The average molecular weight is 499 g/mol. The Kier molecular flexibility index (Phi) is 8.37. The molecule has 6 heteroatoms. The Labute approximate surface area is 216 Å². The maximum absolute atomic E-state index is 12.3. The minimum absolute atomic E-state index is 0.325. The minimum atomic E-state index is -0.325. The summed E-state index contributed by atoms with van der Waals surface area (Å²) in [5, 5.41) is 7.01. The largest absolute Gasteiger partial charge is 0.490 e. The number of benzene rings is 4. The van der Waals surface area contributed by atoms with Crippen LogP contribution in [0, 0.1) is 0 Å². The molecule has 0 aliphatic rings. The fourth-order valence-electron chi connectivity index (χ4n) is 3.89. The fraction of sp³-hybridized carbons (Fsp3) is 0.133. The molecule has 0 spiro atoms. The van der Waals surface area contributed by atoms with Gasteiger partial charge in [-0.2, -0.15) is 5.10 Å². The molecule has 0 fully saturated rings. The maximum atomic E-state index is 12.3. The van der Waals surface area contributed by atoms with Crippen LogP contribution in [0.5, 0.6) is 11.5 Å². The Bertz CT molecular complexity index is 1390. The van der Waals surface area contributed by atoms with Gasteiger partial charge in [0.2, 0.25) is 0 Å². The molecule has 0 aliphatic carbocycles. The quantitative estimate of drug-likeness (QED) is 0.146. The first kappa shape index (κ1) is 25.0.